The molecule has 2 aliphatic rings. The summed E-state index contributed by atoms with van der Waals surface area (Å²) in [6.07, 6.45) is 1.39. The van der Waals surface area contributed by atoms with Gasteiger partial charge in [-0.3, -0.25) is 0 Å². The van der Waals surface area contributed by atoms with Gasteiger partial charge in [0.2, 0.25) is 5.89 Å². The second-order valence-electron chi connectivity index (χ2n) is 5.65. The standard InChI is InChI=1S/C14H15N3O3S/c18-21(19)6-5-10(8-21)13-16-14(20-17-13)12-7-9-3-1-2-4-11(9)15-12/h1-4,10,12,15H,5-8H2/t10?,12-/m0/s1. The highest BCUT2D eigenvalue weighted by atomic mass is 32.2. The Morgan fingerprint density at radius 3 is 2.90 bits per heavy atom. The Labute approximate surface area is 122 Å². The van der Waals surface area contributed by atoms with Crippen molar-refractivity contribution in [3.8, 4) is 0 Å². The third kappa shape index (κ3) is 2.31. The molecule has 0 radical (unpaired) electrons. The number of nitrogens with zero attached hydrogens (tertiary/aromatic N) is 2. The number of hydrogen-bond acceptors (Lipinski definition) is 6. The fourth-order valence-corrected chi connectivity index (χ4v) is 4.74. The van der Waals surface area contributed by atoms with Crippen LogP contribution in [0.3, 0.4) is 0 Å². The molecular weight excluding hydrogens is 290 g/mol. The number of benzene rings is 1. The molecule has 0 amide bonds. The Balaban J connectivity index is 1.54. The molecule has 110 valence electrons. The molecule has 0 aliphatic carbocycles. The molecule has 1 unspecified atom stereocenters. The van der Waals surface area contributed by atoms with Gasteiger partial charge in [0.1, 0.15) is 6.04 Å². The molecule has 0 spiro atoms. The van der Waals surface area contributed by atoms with Gasteiger partial charge in [-0.05, 0) is 18.1 Å². The van der Waals surface area contributed by atoms with Crippen LogP contribution in [0, 0.1) is 0 Å². The molecular formula is C14H15N3O3S. The minimum atomic E-state index is -2.93. The molecule has 6 nitrogen and oxygen atoms in total. The van der Waals surface area contributed by atoms with Crippen molar-refractivity contribution in [3.05, 3.63) is 41.5 Å². The third-order valence-electron chi connectivity index (χ3n) is 4.12. The van der Waals surface area contributed by atoms with Crippen molar-refractivity contribution < 1.29 is 12.9 Å². The van der Waals surface area contributed by atoms with Crippen LogP contribution in [-0.4, -0.2) is 30.1 Å². The first-order chi connectivity index (χ1) is 10.1. The zero-order chi connectivity index (χ0) is 14.4. The van der Waals surface area contributed by atoms with Crippen LogP contribution < -0.4 is 5.32 Å². The zero-order valence-corrected chi connectivity index (χ0v) is 12.1. The second kappa shape index (κ2) is 4.56. The van der Waals surface area contributed by atoms with E-state index < -0.39 is 9.84 Å². The van der Waals surface area contributed by atoms with Crippen molar-refractivity contribution in [2.75, 3.05) is 16.8 Å². The zero-order valence-electron chi connectivity index (χ0n) is 11.3. The maximum absolute atomic E-state index is 11.5. The first-order valence-corrected chi connectivity index (χ1v) is 8.81. The van der Waals surface area contributed by atoms with Gasteiger partial charge in [-0.1, -0.05) is 23.4 Å². The normalized spacial score (nSPS) is 26.5. The van der Waals surface area contributed by atoms with Crippen molar-refractivity contribution in [3.63, 3.8) is 0 Å². The molecule has 7 heteroatoms. The van der Waals surface area contributed by atoms with E-state index in [1.165, 1.54) is 5.56 Å². The smallest absolute Gasteiger partial charge is 0.249 e. The Kier molecular flexibility index (Phi) is 2.78. The van der Waals surface area contributed by atoms with Gasteiger partial charge in [0.25, 0.3) is 0 Å². The Morgan fingerprint density at radius 2 is 2.14 bits per heavy atom. The SMILES string of the molecule is O=S1(=O)CCC(c2noc([C@@H]3Cc4ccccc4N3)n2)C1. The predicted octanol–water partition coefficient (Wildman–Crippen LogP) is 1.68. The molecule has 0 saturated carbocycles. The average molecular weight is 305 g/mol. The predicted molar refractivity (Wildman–Crippen MR) is 76.8 cm³/mol. The summed E-state index contributed by atoms with van der Waals surface area (Å²) in [5.41, 5.74) is 2.32. The van der Waals surface area contributed by atoms with E-state index in [1.54, 1.807) is 0 Å². The van der Waals surface area contributed by atoms with Crippen LogP contribution in [0.25, 0.3) is 0 Å². The van der Waals surface area contributed by atoms with Crippen LogP contribution in [-0.2, 0) is 16.3 Å². The summed E-state index contributed by atoms with van der Waals surface area (Å²) in [6.45, 7) is 0. The Morgan fingerprint density at radius 1 is 1.29 bits per heavy atom. The number of anilines is 1. The van der Waals surface area contributed by atoms with Gasteiger partial charge in [-0.15, -0.1) is 0 Å². The molecule has 4 rings (SSSR count). The lowest BCUT2D eigenvalue weighted by Crippen LogP contribution is -2.08. The fraction of sp³-hybridized carbons (Fsp3) is 0.429. The summed E-state index contributed by atoms with van der Waals surface area (Å²) in [4.78, 5) is 4.42. The van der Waals surface area contributed by atoms with Gasteiger partial charge in [0.05, 0.1) is 11.5 Å². The first kappa shape index (κ1) is 12.8. The van der Waals surface area contributed by atoms with Gasteiger partial charge < -0.3 is 9.84 Å². The maximum atomic E-state index is 11.5. The van der Waals surface area contributed by atoms with E-state index >= 15 is 0 Å². The van der Waals surface area contributed by atoms with Crippen molar-refractivity contribution in [2.24, 2.45) is 0 Å². The molecule has 1 aromatic heterocycles. The Hall–Kier alpha value is -1.89. The number of aromatic nitrogens is 2. The summed E-state index contributed by atoms with van der Waals surface area (Å²) < 4.78 is 28.4. The molecule has 3 heterocycles. The van der Waals surface area contributed by atoms with Crippen LogP contribution in [0.4, 0.5) is 5.69 Å². The van der Waals surface area contributed by atoms with Crippen LogP contribution >= 0.6 is 0 Å². The molecule has 2 aliphatic heterocycles. The quantitative estimate of drug-likeness (QED) is 0.908. The highest BCUT2D eigenvalue weighted by molar-refractivity contribution is 7.91. The van der Waals surface area contributed by atoms with E-state index in [1.807, 2.05) is 18.2 Å². The lowest BCUT2D eigenvalue weighted by Gasteiger charge is -2.04. The van der Waals surface area contributed by atoms with Crippen molar-refractivity contribution in [1.82, 2.24) is 10.1 Å². The van der Waals surface area contributed by atoms with Gasteiger partial charge in [-0.2, -0.15) is 4.98 Å². The third-order valence-corrected chi connectivity index (χ3v) is 5.89. The van der Waals surface area contributed by atoms with Gasteiger partial charge in [0, 0.05) is 18.0 Å². The topological polar surface area (TPSA) is 85.1 Å². The largest absolute Gasteiger partial charge is 0.373 e. The highest BCUT2D eigenvalue weighted by Gasteiger charge is 2.34. The molecule has 2 atom stereocenters. The van der Waals surface area contributed by atoms with Gasteiger partial charge >= 0.3 is 0 Å². The highest BCUT2D eigenvalue weighted by Crippen LogP contribution is 2.34. The molecule has 0 bridgehead atoms. The average Bonchev–Trinajstić information content (AvgIpc) is 3.14. The summed E-state index contributed by atoms with van der Waals surface area (Å²) >= 11 is 0. The summed E-state index contributed by atoms with van der Waals surface area (Å²) in [6, 6.07) is 8.06. The van der Waals surface area contributed by atoms with E-state index in [9.17, 15) is 8.42 Å². The lowest BCUT2D eigenvalue weighted by molar-refractivity contribution is 0.357. The summed E-state index contributed by atoms with van der Waals surface area (Å²) in [5, 5.41) is 7.34. The van der Waals surface area contributed by atoms with Gasteiger partial charge in [-0.25, -0.2) is 8.42 Å². The molecule has 1 saturated heterocycles. The molecule has 21 heavy (non-hydrogen) atoms. The summed E-state index contributed by atoms with van der Waals surface area (Å²) in [7, 11) is -2.93. The fourth-order valence-electron chi connectivity index (χ4n) is 3.00. The minimum Gasteiger partial charge on any atom is -0.373 e. The minimum absolute atomic E-state index is 0.0262. The number of para-hydroxylation sites is 1. The van der Waals surface area contributed by atoms with Crippen LogP contribution in [0.15, 0.2) is 28.8 Å². The monoisotopic (exact) mass is 305 g/mol. The van der Waals surface area contributed by atoms with Gasteiger partial charge in [0.15, 0.2) is 15.7 Å². The Bertz CT molecular complexity index is 759. The number of rotatable bonds is 2. The first-order valence-electron chi connectivity index (χ1n) is 6.99. The second-order valence-corrected chi connectivity index (χ2v) is 7.88. The number of sulfone groups is 1. The molecule has 1 fully saturated rings. The van der Waals surface area contributed by atoms with E-state index in [0.717, 1.165) is 12.1 Å². The van der Waals surface area contributed by atoms with Crippen LogP contribution in [0.2, 0.25) is 0 Å². The number of fused-ring (bicyclic) bond motifs is 1. The lowest BCUT2D eigenvalue weighted by atomic mass is 10.1. The van der Waals surface area contributed by atoms with Crippen LogP contribution in [0.5, 0.6) is 0 Å². The van der Waals surface area contributed by atoms with E-state index in [-0.39, 0.29) is 23.5 Å². The molecule has 1 N–H and O–H groups in total. The van der Waals surface area contributed by atoms with E-state index in [4.69, 9.17) is 4.52 Å². The van der Waals surface area contributed by atoms with Crippen LogP contribution in [0.1, 0.15) is 35.7 Å². The summed E-state index contributed by atoms with van der Waals surface area (Å²) in [5.74, 6) is 1.27. The molecule has 2 aromatic rings. The molecule has 1 aromatic carbocycles. The van der Waals surface area contributed by atoms with Crippen molar-refractivity contribution >= 4 is 15.5 Å². The van der Waals surface area contributed by atoms with Crippen molar-refractivity contribution in [1.29, 1.82) is 0 Å². The van der Waals surface area contributed by atoms with Crippen molar-refractivity contribution in [2.45, 2.75) is 24.8 Å². The number of hydrogen-bond donors (Lipinski definition) is 1. The van der Waals surface area contributed by atoms with E-state index in [2.05, 4.69) is 21.5 Å². The van der Waals surface area contributed by atoms with E-state index in [0.29, 0.717) is 18.1 Å². The maximum Gasteiger partial charge on any atom is 0.249 e. The number of nitrogens with one attached hydrogen (secondary N) is 1.